The highest BCUT2D eigenvalue weighted by Gasteiger charge is 2.28. The third kappa shape index (κ3) is 5.25. The van der Waals surface area contributed by atoms with Crippen LogP contribution in [0.4, 0.5) is 5.95 Å². The van der Waals surface area contributed by atoms with Gasteiger partial charge in [0.05, 0.1) is 12.2 Å². The van der Waals surface area contributed by atoms with E-state index in [1.165, 1.54) is 6.42 Å². The molecule has 0 bridgehead atoms. The van der Waals surface area contributed by atoms with Gasteiger partial charge >= 0.3 is 0 Å². The van der Waals surface area contributed by atoms with Gasteiger partial charge in [0.15, 0.2) is 0 Å². The van der Waals surface area contributed by atoms with E-state index in [2.05, 4.69) is 28.8 Å². The molecule has 3 rings (SSSR count). The molecule has 2 N–H and O–H groups in total. The van der Waals surface area contributed by atoms with E-state index < -0.39 is 0 Å². The summed E-state index contributed by atoms with van der Waals surface area (Å²) in [4.78, 5) is 28.3. The molecule has 0 aromatic carbocycles. The van der Waals surface area contributed by atoms with E-state index in [-0.39, 0.29) is 17.9 Å². The minimum absolute atomic E-state index is 0.0772. The van der Waals surface area contributed by atoms with Gasteiger partial charge in [0.25, 0.3) is 5.91 Å². The smallest absolute Gasteiger partial charge is 0.273 e. The van der Waals surface area contributed by atoms with Crippen LogP contribution in [0.3, 0.4) is 0 Å². The summed E-state index contributed by atoms with van der Waals surface area (Å²) >= 11 is 0. The molecule has 1 saturated carbocycles. The Morgan fingerprint density at radius 1 is 1.19 bits per heavy atom. The molecule has 144 valence electrons. The second-order valence-electron chi connectivity index (χ2n) is 7.75. The zero-order chi connectivity index (χ0) is 19.2. The molecule has 0 unspecified atom stereocenters. The van der Waals surface area contributed by atoms with Gasteiger partial charge in [0.1, 0.15) is 5.69 Å². The van der Waals surface area contributed by atoms with Gasteiger partial charge in [-0.2, -0.15) is 0 Å². The monoisotopic (exact) mass is 367 g/mol. The fourth-order valence-corrected chi connectivity index (χ4v) is 3.72. The molecular weight excluding hydrogens is 338 g/mol. The number of anilines is 1. The molecule has 0 aliphatic heterocycles. The van der Waals surface area contributed by atoms with Crippen molar-refractivity contribution in [2.75, 3.05) is 5.73 Å². The van der Waals surface area contributed by atoms with Gasteiger partial charge in [-0.05, 0) is 43.4 Å². The molecular formula is C21H29N5O. The summed E-state index contributed by atoms with van der Waals surface area (Å²) in [6, 6.07) is 7.82. The first kappa shape index (κ1) is 19.3. The molecule has 2 heterocycles. The largest absolute Gasteiger partial charge is 0.368 e. The van der Waals surface area contributed by atoms with Gasteiger partial charge in [-0.15, -0.1) is 0 Å². The van der Waals surface area contributed by atoms with E-state index in [1.807, 2.05) is 23.1 Å². The molecule has 1 aliphatic rings. The van der Waals surface area contributed by atoms with Crippen LogP contribution < -0.4 is 5.73 Å². The van der Waals surface area contributed by atoms with Crippen LogP contribution in [-0.4, -0.2) is 31.8 Å². The Morgan fingerprint density at radius 3 is 2.63 bits per heavy atom. The van der Waals surface area contributed by atoms with E-state index >= 15 is 0 Å². The number of carbonyl (C=O) groups is 1. The second-order valence-corrected chi connectivity index (χ2v) is 7.75. The molecule has 1 fully saturated rings. The normalized spacial score (nSPS) is 15.1. The lowest BCUT2D eigenvalue weighted by Gasteiger charge is -2.34. The highest BCUT2D eigenvalue weighted by molar-refractivity contribution is 5.92. The Labute approximate surface area is 161 Å². The van der Waals surface area contributed by atoms with Crippen LogP contribution in [-0.2, 0) is 13.0 Å². The minimum atomic E-state index is -0.0772. The lowest BCUT2D eigenvalue weighted by molar-refractivity contribution is 0.0604. The topological polar surface area (TPSA) is 85.0 Å². The zero-order valence-corrected chi connectivity index (χ0v) is 16.3. The minimum Gasteiger partial charge on any atom is -0.368 e. The van der Waals surface area contributed by atoms with Crippen molar-refractivity contribution < 1.29 is 4.79 Å². The van der Waals surface area contributed by atoms with Crippen LogP contribution in [0, 0.1) is 5.92 Å². The van der Waals surface area contributed by atoms with Gasteiger partial charge in [-0.25, -0.2) is 9.97 Å². The van der Waals surface area contributed by atoms with Crippen molar-refractivity contribution in [1.82, 2.24) is 19.9 Å². The molecule has 1 aliphatic carbocycles. The van der Waals surface area contributed by atoms with Crippen molar-refractivity contribution in [3.8, 4) is 0 Å². The van der Waals surface area contributed by atoms with Gasteiger partial charge in [0.2, 0.25) is 5.95 Å². The zero-order valence-electron chi connectivity index (χ0n) is 16.3. The number of aromatic nitrogens is 3. The fraction of sp³-hybridized carbons (Fsp3) is 0.524. The van der Waals surface area contributed by atoms with Crippen molar-refractivity contribution in [2.24, 2.45) is 5.92 Å². The van der Waals surface area contributed by atoms with Gasteiger partial charge in [-0.1, -0.05) is 39.2 Å². The lowest BCUT2D eigenvalue weighted by Crippen LogP contribution is -2.41. The Kier molecular flexibility index (Phi) is 6.37. The number of rotatable bonds is 6. The molecule has 0 spiro atoms. The molecule has 0 atom stereocenters. The fourth-order valence-electron chi connectivity index (χ4n) is 3.72. The summed E-state index contributed by atoms with van der Waals surface area (Å²) in [6.07, 6.45) is 8.14. The Bertz CT molecular complexity index is 756. The van der Waals surface area contributed by atoms with E-state index in [9.17, 15) is 4.79 Å². The van der Waals surface area contributed by atoms with Crippen LogP contribution in [0.5, 0.6) is 0 Å². The summed E-state index contributed by atoms with van der Waals surface area (Å²) in [6.45, 7) is 4.73. The molecule has 2 aromatic heterocycles. The van der Waals surface area contributed by atoms with E-state index in [0.29, 0.717) is 18.2 Å². The SMILES string of the molecule is CC(C)Cc1cc(C(=O)N(Cc2ccccn2)C2CCCCC2)nc(N)n1. The summed E-state index contributed by atoms with van der Waals surface area (Å²) in [5.74, 6) is 0.523. The van der Waals surface area contributed by atoms with Crippen molar-refractivity contribution in [3.63, 3.8) is 0 Å². The second kappa shape index (κ2) is 8.93. The number of pyridine rings is 1. The van der Waals surface area contributed by atoms with Crippen molar-refractivity contribution in [2.45, 2.75) is 65.0 Å². The number of carbonyl (C=O) groups excluding carboxylic acids is 1. The Hall–Kier alpha value is -2.50. The maximum atomic E-state index is 13.4. The lowest BCUT2D eigenvalue weighted by atomic mass is 9.93. The summed E-state index contributed by atoms with van der Waals surface area (Å²) in [7, 11) is 0. The van der Waals surface area contributed by atoms with Crippen molar-refractivity contribution in [3.05, 3.63) is 47.5 Å². The molecule has 0 radical (unpaired) electrons. The van der Waals surface area contributed by atoms with Gasteiger partial charge < -0.3 is 10.6 Å². The molecule has 0 saturated heterocycles. The van der Waals surface area contributed by atoms with Crippen LogP contribution in [0.1, 0.15) is 67.8 Å². The third-order valence-corrected chi connectivity index (χ3v) is 4.97. The molecule has 27 heavy (non-hydrogen) atoms. The standard InChI is InChI=1S/C21H29N5O/c1-15(2)12-17-13-19(25-21(22)24-17)20(27)26(18-9-4-3-5-10-18)14-16-8-6-7-11-23-16/h6-8,11,13,15,18H,3-5,9-10,12,14H2,1-2H3,(H2,22,24,25). The number of hydrogen-bond acceptors (Lipinski definition) is 5. The molecule has 6 heteroatoms. The highest BCUT2D eigenvalue weighted by Crippen LogP contribution is 2.25. The summed E-state index contributed by atoms with van der Waals surface area (Å²) in [5, 5.41) is 0. The number of nitrogens with zero attached hydrogens (tertiary/aromatic N) is 4. The summed E-state index contributed by atoms with van der Waals surface area (Å²) < 4.78 is 0. The Balaban J connectivity index is 1.88. The maximum Gasteiger partial charge on any atom is 0.273 e. The van der Waals surface area contributed by atoms with E-state index in [0.717, 1.165) is 43.5 Å². The van der Waals surface area contributed by atoms with Crippen LogP contribution in [0.25, 0.3) is 0 Å². The molecule has 2 aromatic rings. The van der Waals surface area contributed by atoms with E-state index in [1.54, 1.807) is 12.3 Å². The van der Waals surface area contributed by atoms with Crippen molar-refractivity contribution >= 4 is 11.9 Å². The van der Waals surface area contributed by atoms with Crippen LogP contribution in [0.2, 0.25) is 0 Å². The van der Waals surface area contributed by atoms with Crippen LogP contribution in [0.15, 0.2) is 30.5 Å². The first-order valence-electron chi connectivity index (χ1n) is 9.87. The highest BCUT2D eigenvalue weighted by atomic mass is 16.2. The first-order valence-corrected chi connectivity index (χ1v) is 9.87. The molecule has 1 amide bonds. The summed E-state index contributed by atoms with van der Waals surface area (Å²) in [5.41, 5.74) is 8.00. The van der Waals surface area contributed by atoms with Gasteiger partial charge in [-0.3, -0.25) is 9.78 Å². The number of nitrogens with two attached hydrogens (primary N) is 1. The average molecular weight is 367 g/mol. The van der Waals surface area contributed by atoms with Gasteiger partial charge in [0, 0.05) is 17.9 Å². The maximum absolute atomic E-state index is 13.4. The number of hydrogen-bond donors (Lipinski definition) is 1. The predicted molar refractivity (Wildman–Crippen MR) is 106 cm³/mol. The van der Waals surface area contributed by atoms with Crippen molar-refractivity contribution in [1.29, 1.82) is 0 Å². The average Bonchev–Trinajstić information content (AvgIpc) is 2.66. The van der Waals surface area contributed by atoms with E-state index in [4.69, 9.17) is 5.73 Å². The quantitative estimate of drug-likeness (QED) is 0.843. The molecule has 6 nitrogen and oxygen atoms in total. The number of amides is 1. The third-order valence-electron chi connectivity index (χ3n) is 4.97. The Morgan fingerprint density at radius 2 is 1.96 bits per heavy atom. The van der Waals surface area contributed by atoms with Crippen LogP contribution >= 0.6 is 0 Å². The first-order chi connectivity index (χ1) is 13.0. The predicted octanol–water partition coefficient (Wildman–Crippen LogP) is 3.63. The number of nitrogen functional groups attached to an aromatic ring is 1.